The number of hydrogen-bond acceptors (Lipinski definition) is 0. The second-order valence-corrected chi connectivity index (χ2v) is 10.1. The van der Waals surface area contributed by atoms with Gasteiger partial charge in [-0.3, -0.25) is 4.48 Å². The lowest BCUT2D eigenvalue weighted by Crippen LogP contribution is -2.40. The highest BCUT2D eigenvalue weighted by molar-refractivity contribution is 4.72. The first-order valence-electron chi connectivity index (χ1n) is 14.2. The zero-order valence-corrected chi connectivity index (χ0v) is 21.9. The van der Waals surface area contributed by atoms with Crippen LogP contribution < -0.4 is 0 Å². The second kappa shape index (κ2) is 23.4. The molecule has 0 saturated heterocycles. The molecule has 0 aliphatic heterocycles. The Bertz CT molecular complexity index is 322. The van der Waals surface area contributed by atoms with Crippen molar-refractivity contribution in [3.63, 3.8) is 0 Å². The Kier molecular flexibility index (Phi) is 23.1. The number of allylic oxidation sites excluding steroid dienone is 1. The van der Waals surface area contributed by atoms with Gasteiger partial charge >= 0.3 is 0 Å². The second-order valence-electron chi connectivity index (χ2n) is 10.1. The lowest BCUT2D eigenvalue weighted by atomic mass is 10.1. The van der Waals surface area contributed by atoms with Crippen molar-refractivity contribution in [2.45, 2.75) is 156 Å². The largest absolute Gasteiger partial charge is 0.300 e. The summed E-state index contributed by atoms with van der Waals surface area (Å²) in [5.41, 5.74) is 0. The summed E-state index contributed by atoms with van der Waals surface area (Å²) in [6.45, 7) is 9.55. The van der Waals surface area contributed by atoms with Gasteiger partial charge in [0.15, 0.2) is 0 Å². The number of nitrogens with zero attached hydrogens (tertiary/aromatic N) is 1. The van der Waals surface area contributed by atoms with Crippen LogP contribution in [0.1, 0.15) is 156 Å². The molecule has 0 spiro atoms. The molecule has 1 heteroatoms. The minimum Gasteiger partial charge on any atom is -0.300 e. The van der Waals surface area contributed by atoms with Gasteiger partial charge in [0, 0.05) is 0 Å². The van der Waals surface area contributed by atoms with E-state index in [1.54, 1.807) is 0 Å². The van der Waals surface area contributed by atoms with Gasteiger partial charge in [0.25, 0.3) is 0 Å². The summed E-state index contributed by atoms with van der Waals surface area (Å²) >= 11 is 0. The molecule has 0 atom stereocenters. The van der Waals surface area contributed by atoms with Gasteiger partial charge in [-0.25, -0.2) is 0 Å². The Labute approximate surface area is 192 Å². The molecule has 0 bridgehead atoms. The molecule has 0 aromatic heterocycles. The molecule has 0 rings (SSSR count). The fourth-order valence-electron chi connectivity index (χ4n) is 4.54. The third-order valence-electron chi connectivity index (χ3n) is 6.75. The molecule has 0 heterocycles. The van der Waals surface area contributed by atoms with E-state index in [0.29, 0.717) is 0 Å². The van der Waals surface area contributed by atoms with Gasteiger partial charge < -0.3 is 0 Å². The van der Waals surface area contributed by atoms with E-state index < -0.39 is 0 Å². The van der Waals surface area contributed by atoms with E-state index in [0.717, 1.165) is 0 Å². The van der Waals surface area contributed by atoms with Gasteiger partial charge in [0.1, 0.15) is 0 Å². The Morgan fingerprint density at radius 3 is 1.03 bits per heavy atom. The van der Waals surface area contributed by atoms with Crippen LogP contribution in [-0.2, 0) is 0 Å². The van der Waals surface area contributed by atoms with Crippen molar-refractivity contribution >= 4 is 0 Å². The van der Waals surface area contributed by atoms with E-state index in [4.69, 9.17) is 0 Å². The quantitative estimate of drug-likeness (QED) is 0.107. The maximum absolute atomic E-state index is 2.50. The molecule has 0 aliphatic carbocycles. The van der Waals surface area contributed by atoms with Gasteiger partial charge in [-0.1, -0.05) is 124 Å². The lowest BCUT2D eigenvalue weighted by Gasteiger charge is -2.30. The highest BCUT2D eigenvalue weighted by Crippen LogP contribution is 2.16. The summed E-state index contributed by atoms with van der Waals surface area (Å²) in [6.07, 6.45) is 34.8. The van der Waals surface area contributed by atoms with Crippen LogP contribution >= 0.6 is 0 Å². The predicted molar refractivity (Wildman–Crippen MR) is 139 cm³/mol. The van der Waals surface area contributed by atoms with Crippen LogP contribution in [0.15, 0.2) is 12.3 Å². The topological polar surface area (TPSA) is 0 Å². The van der Waals surface area contributed by atoms with E-state index in [9.17, 15) is 0 Å². The molecule has 180 valence electrons. The van der Waals surface area contributed by atoms with E-state index in [1.165, 1.54) is 152 Å². The minimum absolute atomic E-state index is 1.17. The van der Waals surface area contributed by atoms with Crippen molar-refractivity contribution in [1.82, 2.24) is 0 Å². The Hall–Kier alpha value is -0.300. The van der Waals surface area contributed by atoms with Crippen LogP contribution in [0, 0.1) is 0 Å². The van der Waals surface area contributed by atoms with Crippen LogP contribution in [0.4, 0.5) is 0 Å². The Balaban J connectivity index is 3.76. The van der Waals surface area contributed by atoms with Crippen LogP contribution in [0.2, 0.25) is 0 Å². The maximum atomic E-state index is 2.50. The third kappa shape index (κ3) is 21.0. The third-order valence-corrected chi connectivity index (χ3v) is 6.75. The molecular formula is C29H60N+. The summed E-state index contributed by atoms with van der Waals surface area (Å²) in [6, 6.07) is 0. The molecule has 0 fully saturated rings. The van der Waals surface area contributed by atoms with Crippen molar-refractivity contribution < 1.29 is 4.48 Å². The van der Waals surface area contributed by atoms with Crippen LogP contribution in [0.3, 0.4) is 0 Å². The first kappa shape index (κ1) is 29.7. The first-order valence-corrected chi connectivity index (χ1v) is 14.2. The van der Waals surface area contributed by atoms with Crippen LogP contribution in [0.25, 0.3) is 0 Å². The first-order chi connectivity index (χ1) is 14.7. The van der Waals surface area contributed by atoms with Gasteiger partial charge in [-0.15, -0.1) is 0 Å². The van der Waals surface area contributed by atoms with Crippen molar-refractivity contribution in [2.24, 2.45) is 0 Å². The average molecular weight is 423 g/mol. The molecule has 0 radical (unpaired) electrons. The number of hydrogen-bond donors (Lipinski definition) is 0. The SMILES string of the molecule is CCC=C[N+](C)(CCCCCCCCCCCC)CCCCCCCCCCCC. The van der Waals surface area contributed by atoms with E-state index >= 15 is 0 Å². The summed E-state index contributed by atoms with van der Waals surface area (Å²) in [7, 11) is 2.47. The smallest absolute Gasteiger partial charge is 0.0915 e. The predicted octanol–water partition coefficient (Wildman–Crippen LogP) is 10.2. The van der Waals surface area contributed by atoms with Gasteiger partial charge in [-0.05, 0) is 38.2 Å². The number of unbranched alkanes of at least 4 members (excludes halogenated alkanes) is 18. The lowest BCUT2D eigenvalue weighted by molar-refractivity contribution is -0.860. The molecule has 0 saturated carbocycles. The Morgan fingerprint density at radius 1 is 0.433 bits per heavy atom. The monoisotopic (exact) mass is 422 g/mol. The summed E-state index contributed by atoms with van der Waals surface area (Å²) in [5, 5.41) is 0. The molecule has 30 heavy (non-hydrogen) atoms. The standard InChI is InChI=1S/C29H60N/c1-5-8-11-13-15-17-19-21-23-25-28-30(4,27-10-7-3)29-26-24-22-20-18-16-14-12-9-6-2/h10,27H,5-9,11-26,28-29H2,1-4H3/q+1. The van der Waals surface area contributed by atoms with Crippen molar-refractivity contribution in [1.29, 1.82) is 0 Å². The van der Waals surface area contributed by atoms with E-state index in [-0.39, 0.29) is 0 Å². The van der Waals surface area contributed by atoms with Crippen molar-refractivity contribution in [3.8, 4) is 0 Å². The maximum Gasteiger partial charge on any atom is 0.0915 e. The van der Waals surface area contributed by atoms with E-state index in [2.05, 4.69) is 40.1 Å². The average Bonchev–Trinajstić information content (AvgIpc) is 2.75. The fraction of sp³-hybridized carbons (Fsp3) is 0.931. The molecule has 1 nitrogen and oxygen atoms in total. The van der Waals surface area contributed by atoms with Crippen molar-refractivity contribution in [3.05, 3.63) is 12.3 Å². The molecule has 0 aromatic carbocycles. The van der Waals surface area contributed by atoms with Crippen LogP contribution in [-0.4, -0.2) is 24.6 Å². The molecule has 0 N–H and O–H groups in total. The van der Waals surface area contributed by atoms with Gasteiger partial charge in [0.2, 0.25) is 0 Å². The zero-order valence-electron chi connectivity index (χ0n) is 21.9. The highest BCUT2D eigenvalue weighted by atomic mass is 15.3. The molecule has 0 aliphatic rings. The molecular weight excluding hydrogens is 362 g/mol. The number of rotatable bonds is 24. The normalized spacial score (nSPS) is 12.3. The van der Waals surface area contributed by atoms with Gasteiger partial charge in [-0.2, -0.15) is 0 Å². The minimum atomic E-state index is 1.17. The zero-order chi connectivity index (χ0) is 22.2. The number of quaternary nitrogens is 1. The summed E-state index contributed by atoms with van der Waals surface area (Å²) < 4.78 is 1.17. The summed E-state index contributed by atoms with van der Waals surface area (Å²) in [5.74, 6) is 0. The molecule has 0 unspecified atom stereocenters. The molecule has 0 aromatic rings. The Morgan fingerprint density at radius 2 is 0.733 bits per heavy atom. The summed E-state index contributed by atoms with van der Waals surface area (Å²) in [4.78, 5) is 0. The fourth-order valence-corrected chi connectivity index (χ4v) is 4.54. The van der Waals surface area contributed by atoms with Crippen molar-refractivity contribution in [2.75, 3.05) is 20.1 Å². The van der Waals surface area contributed by atoms with E-state index in [1.807, 2.05) is 0 Å². The van der Waals surface area contributed by atoms with Gasteiger partial charge in [0.05, 0.1) is 26.3 Å². The van der Waals surface area contributed by atoms with Crippen LogP contribution in [0.5, 0.6) is 0 Å². The molecule has 0 amide bonds. The highest BCUT2D eigenvalue weighted by Gasteiger charge is 2.17.